The van der Waals surface area contributed by atoms with Crippen molar-refractivity contribution in [1.29, 1.82) is 0 Å². The number of hydrogen-bond donors (Lipinski definition) is 2. The minimum Gasteiger partial charge on any atom is -0.368 e. The first kappa shape index (κ1) is 27.1. The molecule has 40 heavy (non-hydrogen) atoms. The van der Waals surface area contributed by atoms with Crippen LogP contribution < -0.4 is 20.9 Å². The number of nitrogen functional groups attached to an aromatic ring is 1. The number of para-hydroxylation sites is 1. The van der Waals surface area contributed by atoms with Crippen molar-refractivity contribution >= 4 is 50.0 Å². The maximum absolute atomic E-state index is 13.8. The zero-order valence-corrected chi connectivity index (χ0v) is 23.5. The fraction of sp³-hybridized carbons (Fsp3) is 0.143. The summed E-state index contributed by atoms with van der Waals surface area (Å²) < 4.78 is 26.9. The van der Waals surface area contributed by atoms with Gasteiger partial charge < -0.3 is 11.1 Å². The fourth-order valence-corrected chi connectivity index (χ4v) is 5.12. The summed E-state index contributed by atoms with van der Waals surface area (Å²) in [6, 6.07) is 20.8. The highest BCUT2D eigenvalue weighted by molar-refractivity contribution is 7.92. The van der Waals surface area contributed by atoms with Crippen molar-refractivity contribution in [2.24, 2.45) is 0 Å². The predicted molar refractivity (Wildman–Crippen MR) is 160 cm³/mol. The van der Waals surface area contributed by atoms with Crippen molar-refractivity contribution in [1.82, 2.24) is 19.5 Å². The normalized spacial score (nSPS) is 12.3. The van der Waals surface area contributed by atoms with Crippen LogP contribution in [-0.4, -0.2) is 41.2 Å². The Bertz CT molecular complexity index is 1900. The van der Waals surface area contributed by atoms with E-state index in [9.17, 15) is 13.2 Å². The molecule has 0 amide bonds. The van der Waals surface area contributed by atoms with Crippen LogP contribution in [0.2, 0.25) is 5.02 Å². The number of sulfonamides is 1. The van der Waals surface area contributed by atoms with Crippen molar-refractivity contribution in [3.63, 3.8) is 0 Å². The van der Waals surface area contributed by atoms with E-state index < -0.39 is 16.1 Å². The number of hydrogen-bond acceptors (Lipinski definition) is 8. The summed E-state index contributed by atoms with van der Waals surface area (Å²) >= 11 is 6.41. The second-order valence-corrected chi connectivity index (χ2v) is 11.6. The monoisotopic (exact) mass is 575 g/mol. The SMILES string of the molecule is C[C@@H](Nc1nc(N)ncc1-c1cccc(N(C)S(C)(=O)=O)c1)c1nc2cccc(Cl)c2c(=O)n1-c1ccccc1. The van der Waals surface area contributed by atoms with Crippen LogP contribution in [0.15, 0.2) is 83.8 Å². The van der Waals surface area contributed by atoms with Gasteiger partial charge in [0.05, 0.1) is 39.6 Å². The van der Waals surface area contributed by atoms with E-state index in [2.05, 4.69) is 15.3 Å². The fourth-order valence-electron chi connectivity index (χ4n) is 4.37. The smallest absolute Gasteiger partial charge is 0.267 e. The van der Waals surface area contributed by atoms with Crippen LogP contribution in [0.25, 0.3) is 27.7 Å². The van der Waals surface area contributed by atoms with Crippen molar-refractivity contribution < 1.29 is 8.42 Å². The molecule has 10 nitrogen and oxygen atoms in total. The first-order valence-electron chi connectivity index (χ1n) is 12.2. The Balaban J connectivity index is 1.63. The highest BCUT2D eigenvalue weighted by atomic mass is 35.5. The molecule has 2 heterocycles. The number of fused-ring (bicyclic) bond motifs is 1. The number of rotatable bonds is 7. The number of halogens is 1. The van der Waals surface area contributed by atoms with Gasteiger partial charge in [-0.25, -0.2) is 18.4 Å². The summed E-state index contributed by atoms with van der Waals surface area (Å²) in [4.78, 5) is 27.2. The Morgan fingerprint density at radius 3 is 2.48 bits per heavy atom. The molecular weight excluding hydrogens is 550 g/mol. The molecule has 0 spiro atoms. The average molecular weight is 576 g/mol. The number of nitrogens with one attached hydrogen (secondary N) is 1. The molecule has 0 aliphatic carbocycles. The molecule has 3 aromatic carbocycles. The van der Waals surface area contributed by atoms with E-state index in [1.807, 2.05) is 43.3 Å². The predicted octanol–water partition coefficient (Wildman–Crippen LogP) is 4.65. The van der Waals surface area contributed by atoms with Gasteiger partial charge in [-0.3, -0.25) is 13.7 Å². The molecular formula is C28H26ClN7O3S. The molecule has 5 aromatic rings. The molecule has 204 valence electrons. The molecule has 3 N–H and O–H groups in total. The highest BCUT2D eigenvalue weighted by Gasteiger charge is 2.22. The summed E-state index contributed by atoms with van der Waals surface area (Å²) in [5.74, 6) is 0.862. The topological polar surface area (TPSA) is 136 Å². The van der Waals surface area contributed by atoms with Gasteiger partial charge in [0.1, 0.15) is 11.6 Å². The molecule has 5 rings (SSSR count). The summed E-state index contributed by atoms with van der Waals surface area (Å²) in [6.07, 6.45) is 2.70. The van der Waals surface area contributed by atoms with E-state index in [1.54, 1.807) is 42.6 Å². The molecule has 0 bridgehead atoms. The molecule has 0 saturated heterocycles. The largest absolute Gasteiger partial charge is 0.368 e. The lowest BCUT2D eigenvalue weighted by atomic mass is 10.1. The number of nitrogens with two attached hydrogens (primary N) is 1. The van der Waals surface area contributed by atoms with Crippen LogP contribution in [-0.2, 0) is 10.0 Å². The van der Waals surface area contributed by atoms with Crippen LogP contribution in [0, 0.1) is 0 Å². The van der Waals surface area contributed by atoms with E-state index in [-0.39, 0.29) is 11.5 Å². The van der Waals surface area contributed by atoms with Gasteiger partial charge in [-0.15, -0.1) is 0 Å². The van der Waals surface area contributed by atoms with Crippen LogP contribution >= 0.6 is 11.6 Å². The maximum atomic E-state index is 13.8. The summed E-state index contributed by atoms with van der Waals surface area (Å²) in [5.41, 5.74) is 8.48. The minimum absolute atomic E-state index is 0.0431. The van der Waals surface area contributed by atoms with E-state index in [4.69, 9.17) is 22.3 Å². The Hall–Kier alpha value is -4.48. The minimum atomic E-state index is -3.47. The van der Waals surface area contributed by atoms with Crippen LogP contribution in [0.3, 0.4) is 0 Å². The zero-order chi connectivity index (χ0) is 28.6. The van der Waals surface area contributed by atoms with Gasteiger partial charge >= 0.3 is 0 Å². The lowest BCUT2D eigenvalue weighted by Crippen LogP contribution is -2.27. The van der Waals surface area contributed by atoms with Crippen LogP contribution in [0.5, 0.6) is 0 Å². The Kier molecular flexibility index (Phi) is 7.17. The third kappa shape index (κ3) is 5.21. The number of anilines is 3. The lowest BCUT2D eigenvalue weighted by Gasteiger charge is -2.22. The average Bonchev–Trinajstić information content (AvgIpc) is 2.92. The number of benzene rings is 3. The Morgan fingerprint density at radius 1 is 1.02 bits per heavy atom. The molecule has 1 atom stereocenters. The van der Waals surface area contributed by atoms with Crippen molar-refractivity contribution in [3.8, 4) is 16.8 Å². The van der Waals surface area contributed by atoms with Gasteiger partial charge in [-0.05, 0) is 48.9 Å². The van der Waals surface area contributed by atoms with Gasteiger partial charge in [0.2, 0.25) is 16.0 Å². The summed E-state index contributed by atoms with van der Waals surface area (Å²) in [6.45, 7) is 1.85. The van der Waals surface area contributed by atoms with Gasteiger partial charge in [0.25, 0.3) is 5.56 Å². The van der Waals surface area contributed by atoms with E-state index in [0.717, 1.165) is 6.26 Å². The molecule has 2 aromatic heterocycles. The number of nitrogens with zero attached hydrogens (tertiary/aromatic N) is 5. The maximum Gasteiger partial charge on any atom is 0.267 e. The first-order chi connectivity index (χ1) is 19.0. The third-order valence-electron chi connectivity index (χ3n) is 6.45. The molecule has 0 aliphatic heterocycles. The van der Waals surface area contributed by atoms with E-state index >= 15 is 0 Å². The molecule has 0 fully saturated rings. The van der Waals surface area contributed by atoms with Gasteiger partial charge in [0.15, 0.2) is 0 Å². The van der Waals surface area contributed by atoms with E-state index in [0.29, 0.717) is 50.1 Å². The summed E-state index contributed by atoms with van der Waals surface area (Å²) in [5, 5.41) is 3.98. The second kappa shape index (κ2) is 10.6. The third-order valence-corrected chi connectivity index (χ3v) is 7.97. The van der Waals surface area contributed by atoms with Gasteiger partial charge in [-0.1, -0.05) is 48.0 Å². The number of aromatic nitrogens is 4. The second-order valence-electron chi connectivity index (χ2n) is 9.22. The quantitative estimate of drug-likeness (QED) is 0.286. The first-order valence-corrected chi connectivity index (χ1v) is 14.5. The van der Waals surface area contributed by atoms with Gasteiger partial charge in [-0.2, -0.15) is 4.98 Å². The lowest BCUT2D eigenvalue weighted by molar-refractivity contribution is 0.600. The Morgan fingerprint density at radius 2 is 1.75 bits per heavy atom. The molecule has 0 radical (unpaired) electrons. The van der Waals surface area contributed by atoms with Gasteiger partial charge in [0, 0.05) is 18.8 Å². The Labute approximate surface area is 236 Å². The molecule has 0 unspecified atom stereocenters. The van der Waals surface area contributed by atoms with Crippen LogP contribution in [0.1, 0.15) is 18.8 Å². The summed E-state index contributed by atoms with van der Waals surface area (Å²) in [7, 11) is -1.98. The van der Waals surface area contributed by atoms with E-state index in [1.165, 1.54) is 15.9 Å². The van der Waals surface area contributed by atoms with Crippen LogP contribution in [0.4, 0.5) is 17.5 Å². The molecule has 12 heteroatoms. The van der Waals surface area contributed by atoms with Crippen molar-refractivity contribution in [3.05, 3.63) is 100 Å². The van der Waals surface area contributed by atoms with Crippen molar-refractivity contribution in [2.45, 2.75) is 13.0 Å². The standard InChI is InChI=1S/C28H26ClN7O3S/c1-17(26-33-23-14-8-13-22(29)24(23)27(37)36(26)19-10-5-4-6-11-19)32-25-21(16-31-28(30)34-25)18-9-7-12-20(15-18)35(2)40(3,38)39/h4-17H,1-3H3,(H3,30,31,32,34)/t17-/m1/s1. The van der Waals surface area contributed by atoms with Crippen molar-refractivity contribution in [2.75, 3.05) is 28.7 Å². The highest BCUT2D eigenvalue weighted by Crippen LogP contribution is 2.32. The zero-order valence-electron chi connectivity index (χ0n) is 21.9. The molecule has 0 saturated carbocycles. The molecule has 0 aliphatic rings.